The molecule has 1 aromatic rings. The van der Waals surface area contributed by atoms with Crippen LogP contribution in [0.5, 0.6) is 0 Å². The third kappa shape index (κ3) is 5.35. The van der Waals surface area contributed by atoms with Crippen LogP contribution in [0.2, 0.25) is 0 Å². The minimum Gasteiger partial charge on any atom is -0.481 e. The van der Waals surface area contributed by atoms with E-state index in [2.05, 4.69) is 15.6 Å². The lowest BCUT2D eigenvalue weighted by Gasteiger charge is -2.03. The van der Waals surface area contributed by atoms with Crippen molar-refractivity contribution in [1.29, 1.82) is 0 Å². The van der Waals surface area contributed by atoms with Gasteiger partial charge < -0.3 is 15.7 Å². The van der Waals surface area contributed by atoms with Crippen LogP contribution < -0.4 is 10.6 Å². The third-order valence-electron chi connectivity index (χ3n) is 2.34. The van der Waals surface area contributed by atoms with Crippen molar-refractivity contribution in [2.75, 3.05) is 11.9 Å². The van der Waals surface area contributed by atoms with Crippen LogP contribution in [0.1, 0.15) is 37.2 Å². The topological polar surface area (TPSA) is 108 Å². The molecule has 0 aliphatic rings. The van der Waals surface area contributed by atoms with Gasteiger partial charge in [-0.15, -0.1) is 11.3 Å². The number of aliphatic carboxylic acids is 1. The predicted octanol–water partition coefficient (Wildman–Crippen LogP) is 1.33. The average molecular weight is 299 g/mol. The zero-order valence-corrected chi connectivity index (χ0v) is 12.1. The molecular formula is C12H17N3O4S. The van der Waals surface area contributed by atoms with Crippen LogP contribution >= 0.6 is 11.3 Å². The van der Waals surface area contributed by atoms with Crippen molar-refractivity contribution < 1.29 is 19.5 Å². The van der Waals surface area contributed by atoms with Crippen molar-refractivity contribution in [1.82, 2.24) is 10.3 Å². The summed E-state index contributed by atoms with van der Waals surface area (Å²) in [6.07, 6.45) is 0.370. The van der Waals surface area contributed by atoms with E-state index in [-0.39, 0.29) is 36.4 Å². The maximum absolute atomic E-state index is 11.7. The zero-order valence-electron chi connectivity index (χ0n) is 11.3. The molecule has 1 heterocycles. The summed E-state index contributed by atoms with van der Waals surface area (Å²) in [5.41, 5.74) is 0.212. The molecule has 0 radical (unpaired) electrons. The summed E-state index contributed by atoms with van der Waals surface area (Å²) in [6.45, 7) is 3.80. The fourth-order valence-corrected chi connectivity index (χ4v) is 1.91. The second kappa shape index (κ2) is 7.59. The van der Waals surface area contributed by atoms with Gasteiger partial charge in [0.1, 0.15) is 5.69 Å². The first-order valence-electron chi connectivity index (χ1n) is 6.16. The molecule has 7 nitrogen and oxygen atoms in total. The van der Waals surface area contributed by atoms with Crippen molar-refractivity contribution in [3.63, 3.8) is 0 Å². The maximum atomic E-state index is 11.7. The number of carbonyl (C=O) groups is 3. The Morgan fingerprint density at radius 3 is 2.70 bits per heavy atom. The maximum Gasteiger partial charge on any atom is 0.303 e. The van der Waals surface area contributed by atoms with Gasteiger partial charge in [0.25, 0.3) is 5.91 Å². The van der Waals surface area contributed by atoms with Crippen LogP contribution in [0.15, 0.2) is 5.38 Å². The van der Waals surface area contributed by atoms with Gasteiger partial charge in [0, 0.05) is 24.3 Å². The van der Waals surface area contributed by atoms with Crippen LogP contribution in [-0.2, 0) is 9.59 Å². The van der Waals surface area contributed by atoms with E-state index in [4.69, 9.17) is 5.11 Å². The Morgan fingerprint density at radius 2 is 2.10 bits per heavy atom. The van der Waals surface area contributed by atoms with Crippen LogP contribution in [0.4, 0.5) is 5.13 Å². The molecule has 0 saturated heterocycles. The highest BCUT2D eigenvalue weighted by atomic mass is 32.1. The first-order chi connectivity index (χ1) is 9.40. The van der Waals surface area contributed by atoms with Gasteiger partial charge in [0.15, 0.2) is 5.13 Å². The van der Waals surface area contributed by atoms with Crippen LogP contribution in [0, 0.1) is 5.92 Å². The van der Waals surface area contributed by atoms with Crippen molar-refractivity contribution in [2.24, 2.45) is 5.92 Å². The molecule has 0 aliphatic heterocycles. The number of nitrogens with zero attached hydrogens (tertiary/aromatic N) is 1. The molecule has 0 bridgehead atoms. The lowest BCUT2D eigenvalue weighted by molar-refractivity contribution is -0.137. The van der Waals surface area contributed by atoms with Gasteiger partial charge in [-0.05, 0) is 6.42 Å². The molecule has 0 atom stereocenters. The molecule has 20 heavy (non-hydrogen) atoms. The van der Waals surface area contributed by atoms with Gasteiger partial charge in [0.05, 0.1) is 0 Å². The van der Waals surface area contributed by atoms with Gasteiger partial charge in [-0.25, -0.2) is 4.98 Å². The van der Waals surface area contributed by atoms with E-state index in [0.29, 0.717) is 11.6 Å². The number of anilines is 1. The Morgan fingerprint density at radius 1 is 1.40 bits per heavy atom. The molecule has 1 rings (SSSR count). The Hall–Kier alpha value is -1.96. The summed E-state index contributed by atoms with van der Waals surface area (Å²) in [4.78, 5) is 37.5. The SMILES string of the molecule is CC(C)C(=O)Nc1nc(C(=O)NCCCC(=O)O)cs1. The summed E-state index contributed by atoms with van der Waals surface area (Å²) >= 11 is 1.17. The van der Waals surface area contributed by atoms with Crippen LogP contribution in [-0.4, -0.2) is 34.4 Å². The molecular weight excluding hydrogens is 282 g/mol. The molecule has 0 spiro atoms. The Kier molecular flexibility index (Phi) is 6.10. The summed E-state index contributed by atoms with van der Waals surface area (Å²) in [6, 6.07) is 0. The van der Waals surface area contributed by atoms with E-state index in [1.54, 1.807) is 19.2 Å². The van der Waals surface area contributed by atoms with E-state index < -0.39 is 5.97 Å². The lowest BCUT2D eigenvalue weighted by atomic mass is 10.2. The smallest absolute Gasteiger partial charge is 0.303 e. The minimum atomic E-state index is -0.897. The second-order valence-corrected chi connectivity index (χ2v) is 5.29. The van der Waals surface area contributed by atoms with Crippen molar-refractivity contribution in [3.8, 4) is 0 Å². The summed E-state index contributed by atoms with van der Waals surface area (Å²) in [5.74, 6) is -1.59. The number of hydrogen-bond donors (Lipinski definition) is 3. The molecule has 2 amide bonds. The number of rotatable bonds is 7. The van der Waals surface area contributed by atoms with E-state index in [1.807, 2.05) is 0 Å². The van der Waals surface area contributed by atoms with Gasteiger partial charge in [-0.2, -0.15) is 0 Å². The second-order valence-electron chi connectivity index (χ2n) is 4.44. The fourth-order valence-electron chi connectivity index (χ4n) is 1.22. The Bertz CT molecular complexity index is 499. The quantitative estimate of drug-likeness (QED) is 0.658. The molecule has 0 saturated carbocycles. The third-order valence-corrected chi connectivity index (χ3v) is 3.10. The molecule has 3 N–H and O–H groups in total. The van der Waals surface area contributed by atoms with Crippen molar-refractivity contribution >= 4 is 34.3 Å². The number of amides is 2. The highest BCUT2D eigenvalue weighted by Gasteiger charge is 2.13. The Balaban J connectivity index is 2.44. The van der Waals surface area contributed by atoms with Crippen molar-refractivity contribution in [2.45, 2.75) is 26.7 Å². The molecule has 1 aromatic heterocycles. The average Bonchev–Trinajstić information content (AvgIpc) is 2.82. The van der Waals surface area contributed by atoms with Gasteiger partial charge >= 0.3 is 5.97 Å². The molecule has 0 aliphatic carbocycles. The largest absolute Gasteiger partial charge is 0.481 e. The van der Waals surface area contributed by atoms with E-state index in [9.17, 15) is 14.4 Å². The fraction of sp³-hybridized carbons (Fsp3) is 0.500. The normalized spacial score (nSPS) is 10.3. The van der Waals surface area contributed by atoms with Crippen molar-refractivity contribution in [3.05, 3.63) is 11.1 Å². The lowest BCUT2D eigenvalue weighted by Crippen LogP contribution is -2.25. The first kappa shape index (κ1) is 16.1. The molecule has 8 heteroatoms. The number of carbonyl (C=O) groups excluding carboxylic acids is 2. The standard InChI is InChI=1S/C12H17N3O4S/c1-7(2)10(18)15-12-14-8(6-20-12)11(19)13-5-3-4-9(16)17/h6-7H,3-5H2,1-2H3,(H,13,19)(H,16,17)(H,14,15,18). The van der Waals surface area contributed by atoms with Gasteiger partial charge in [0.2, 0.25) is 5.91 Å². The van der Waals surface area contributed by atoms with E-state index in [1.165, 1.54) is 11.3 Å². The molecule has 110 valence electrons. The number of nitrogens with one attached hydrogen (secondary N) is 2. The predicted molar refractivity (Wildman–Crippen MR) is 74.8 cm³/mol. The van der Waals surface area contributed by atoms with E-state index >= 15 is 0 Å². The number of thiazole rings is 1. The highest BCUT2D eigenvalue weighted by molar-refractivity contribution is 7.14. The molecule has 0 aromatic carbocycles. The number of hydrogen-bond acceptors (Lipinski definition) is 5. The van der Waals surface area contributed by atoms with E-state index in [0.717, 1.165) is 0 Å². The Labute approximate surface area is 120 Å². The number of carboxylic acid groups (broad SMARTS) is 1. The first-order valence-corrected chi connectivity index (χ1v) is 7.04. The monoisotopic (exact) mass is 299 g/mol. The number of carboxylic acids is 1. The summed E-state index contributed by atoms with van der Waals surface area (Å²) in [5, 5.41) is 15.6. The minimum absolute atomic E-state index is 0.00699. The highest BCUT2D eigenvalue weighted by Crippen LogP contribution is 2.16. The molecule has 0 unspecified atom stereocenters. The molecule has 0 fully saturated rings. The van der Waals surface area contributed by atoms with Gasteiger partial charge in [-0.1, -0.05) is 13.8 Å². The van der Waals surface area contributed by atoms with Gasteiger partial charge in [-0.3, -0.25) is 14.4 Å². The van der Waals surface area contributed by atoms with Crippen LogP contribution in [0.3, 0.4) is 0 Å². The summed E-state index contributed by atoms with van der Waals surface area (Å²) in [7, 11) is 0. The zero-order chi connectivity index (χ0) is 15.1. The summed E-state index contributed by atoms with van der Waals surface area (Å²) < 4.78 is 0. The van der Waals surface area contributed by atoms with Crippen LogP contribution in [0.25, 0.3) is 0 Å². The number of aromatic nitrogens is 1.